The van der Waals surface area contributed by atoms with Crippen LogP contribution in [0.25, 0.3) is 0 Å². The van der Waals surface area contributed by atoms with Crippen LogP contribution in [0.1, 0.15) is 36.6 Å². The highest BCUT2D eigenvalue weighted by Crippen LogP contribution is 2.41. The van der Waals surface area contributed by atoms with Crippen LogP contribution in [0.4, 0.5) is 18.9 Å². The Morgan fingerprint density at radius 1 is 1.21 bits per heavy atom. The molecule has 2 heterocycles. The molecule has 186 valence electrons. The molecule has 8 nitrogen and oxygen atoms in total. The highest BCUT2D eigenvalue weighted by Gasteiger charge is 2.55. The van der Waals surface area contributed by atoms with Crippen LogP contribution in [-0.2, 0) is 20.4 Å². The van der Waals surface area contributed by atoms with Gasteiger partial charge in [-0.25, -0.2) is 9.37 Å². The fourth-order valence-corrected chi connectivity index (χ4v) is 5.20. The van der Waals surface area contributed by atoms with E-state index in [1.54, 1.807) is 19.1 Å². The van der Waals surface area contributed by atoms with E-state index in [0.717, 1.165) is 9.87 Å². The van der Waals surface area contributed by atoms with Crippen molar-refractivity contribution in [1.29, 1.82) is 0 Å². The van der Waals surface area contributed by atoms with Crippen molar-refractivity contribution in [3.63, 3.8) is 0 Å². The maximum atomic E-state index is 13.6. The third-order valence-electron chi connectivity index (χ3n) is 5.59. The predicted molar refractivity (Wildman–Crippen MR) is 121 cm³/mol. The third kappa shape index (κ3) is 5.34. The van der Waals surface area contributed by atoms with Gasteiger partial charge in [0.2, 0.25) is 11.8 Å². The summed E-state index contributed by atoms with van der Waals surface area (Å²) in [4.78, 5) is 17.5. The number of amides is 1. The number of nitrogens with one attached hydrogen (secondary N) is 2. The van der Waals surface area contributed by atoms with Gasteiger partial charge < -0.3 is 10.1 Å². The van der Waals surface area contributed by atoms with E-state index in [1.807, 2.05) is 26.0 Å². The third-order valence-corrected chi connectivity index (χ3v) is 7.10. The van der Waals surface area contributed by atoms with Crippen LogP contribution in [0, 0.1) is 6.92 Å². The molecule has 0 spiro atoms. The fourth-order valence-electron chi connectivity index (χ4n) is 3.90. The molecule has 1 fully saturated rings. The molecular weight excluding hydrogens is 473 g/mol. The molecule has 34 heavy (non-hydrogen) atoms. The Labute approximate surface area is 196 Å². The van der Waals surface area contributed by atoms with Crippen molar-refractivity contribution >= 4 is 21.8 Å². The Bertz CT molecular complexity index is 1140. The van der Waals surface area contributed by atoms with Crippen LogP contribution >= 0.6 is 0 Å². The molecule has 1 aromatic heterocycles. The molecule has 1 aliphatic rings. The molecule has 0 aliphatic carbocycles. The van der Waals surface area contributed by atoms with Gasteiger partial charge in [-0.15, -0.1) is 0 Å². The minimum atomic E-state index is -4.01. The van der Waals surface area contributed by atoms with E-state index in [4.69, 9.17) is 0 Å². The lowest BCUT2D eigenvalue weighted by Gasteiger charge is -2.48. The first-order chi connectivity index (χ1) is 16.0. The number of carbonyl (C=O) groups is 1. The number of carbonyl (C=O) groups excluding carboxylic acids is 1. The highest BCUT2D eigenvalue weighted by molar-refractivity contribution is 7.87. The Morgan fingerprint density at radius 3 is 2.50 bits per heavy atom. The van der Waals surface area contributed by atoms with Crippen molar-refractivity contribution in [2.24, 2.45) is 0 Å². The number of pyridine rings is 1. The number of anilines is 1. The lowest BCUT2D eigenvalue weighted by atomic mass is 9.71. The highest BCUT2D eigenvalue weighted by atomic mass is 32.2. The SMILES string of the molecule is Cc1ccc(NC(=O)C2(c3ccccc3C(C)C)CN(S(=O)(=O)NCCF)C2)c(OC(F)F)n1. The number of hydrogen-bond acceptors (Lipinski definition) is 5. The molecule has 3 rings (SSSR count). The maximum absolute atomic E-state index is 13.6. The standard InChI is InChI=1S/C22H27F3N4O4S/c1-14(2)16-6-4-5-7-17(16)22(12-29(13-22)34(31,32)26-11-10-23)20(30)28-18-9-8-15(3)27-19(18)33-21(24)25/h4-9,14,21,26H,10-13H2,1-3H3,(H,28,30). The van der Waals surface area contributed by atoms with Crippen molar-refractivity contribution in [2.75, 3.05) is 31.6 Å². The van der Waals surface area contributed by atoms with Gasteiger partial charge >= 0.3 is 6.61 Å². The van der Waals surface area contributed by atoms with Crippen molar-refractivity contribution in [1.82, 2.24) is 14.0 Å². The summed E-state index contributed by atoms with van der Waals surface area (Å²) < 4.78 is 71.0. The zero-order chi connectivity index (χ0) is 25.1. The number of aryl methyl sites for hydroxylation is 1. The molecule has 2 aromatic rings. The minimum absolute atomic E-state index is 0.0231. The van der Waals surface area contributed by atoms with Crippen LogP contribution in [0.3, 0.4) is 0 Å². The molecule has 0 unspecified atom stereocenters. The van der Waals surface area contributed by atoms with Gasteiger partial charge in [0.1, 0.15) is 17.8 Å². The number of hydrogen-bond donors (Lipinski definition) is 2. The Hall–Kier alpha value is -2.70. The first-order valence-corrected chi connectivity index (χ1v) is 12.1. The average molecular weight is 501 g/mol. The molecule has 1 aliphatic heterocycles. The van der Waals surface area contributed by atoms with Gasteiger partial charge in [0.25, 0.3) is 10.2 Å². The van der Waals surface area contributed by atoms with Gasteiger partial charge in [0.15, 0.2) is 0 Å². The molecule has 0 bridgehead atoms. The number of alkyl halides is 3. The summed E-state index contributed by atoms with van der Waals surface area (Å²) in [5.74, 6) is -1.01. The van der Waals surface area contributed by atoms with Gasteiger partial charge in [-0.1, -0.05) is 38.1 Å². The largest absolute Gasteiger partial charge is 0.415 e. The second-order valence-electron chi connectivity index (χ2n) is 8.32. The molecule has 0 radical (unpaired) electrons. The van der Waals surface area contributed by atoms with Crippen LogP contribution in [0.5, 0.6) is 5.88 Å². The van der Waals surface area contributed by atoms with E-state index in [-0.39, 0.29) is 31.2 Å². The zero-order valence-electron chi connectivity index (χ0n) is 19.0. The number of nitrogens with zero attached hydrogens (tertiary/aromatic N) is 2. The first kappa shape index (κ1) is 25.9. The molecule has 12 heteroatoms. The number of ether oxygens (including phenoxy) is 1. The number of aromatic nitrogens is 1. The van der Waals surface area contributed by atoms with E-state index in [2.05, 4.69) is 19.8 Å². The first-order valence-electron chi connectivity index (χ1n) is 10.6. The Kier molecular flexibility index (Phi) is 7.84. The summed E-state index contributed by atoms with van der Waals surface area (Å²) in [5.41, 5.74) is 0.508. The van der Waals surface area contributed by atoms with Crippen LogP contribution < -0.4 is 14.8 Å². The maximum Gasteiger partial charge on any atom is 0.388 e. The monoisotopic (exact) mass is 500 g/mol. The number of halogens is 3. The normalized spacial score (nSPS) is 15.9. The fraction of sp³-hybridized carbons (Fsp3) is 0.455. The van der Waals surface area contributed by atoms with Crippen LogP contribution in [0.2, 0.25) is 0 Å². The molecule has 1 aromatic carbocycles. The Balaban J connectivity index is 1.99. The van der Waals surface area contributed by atoms with E-state index >= 15 is 0 Å². The molecule has 2 N–H and O–H groups in total. The average Bonchev–Trinajstić information content (AvgIpc) is 2.73. The Morgan fingerprint density at radius 2 is 1.88 bits per heavy atom. The summed E-state index contributed by atoms with van der Waals surface area (Å²) in [6.45, 7) is 0.641. The topological polar surface area (TPSA) is 101 Å². The molecule has 1 amide bonds. The quantitative estimate of drug-likeness (QED) is 0.522. The van der Waals surface area contributed by atoms with Gasteiger partial charge in [-0.3, -0.25) is 4.79 Å². The van der Waals surface area contributed by atoms with Crippen LogP contribution in [-0.4, -0.2) is 56.5 Å². The summed E-state index contributed by atoms with van der Waals surface area (Å²) >= 11 is 0. The second-order valence-corrected chi connectivity index (χ2v) is 10.1. The molecular formula is C22H27F3N4O4S. The summed E-state index contributed by atoms with van der Waals surface area (Å²) in [7, 11) is -4.01. The zero-order valence-corrected chi connectivity index (χ0v) is 19.8. The van der Waals surface area contributed by atoms with Crippen molar-refractivity contribution in [2.45, 2.75) is 38.7 Å². The van der Waals surface area contributed by atoms with Gasteiger partial charge in [-0.05, 0) is 36.1 Å². The van der Waals surface area contributed by atoms with E-state index < -0.39 is 40.7 Å². The van der Waals surface area contributed by atoms with Gasteiger partial charge in [0, 0.05) is 25.3 Å². The van der Waals surface area contributed by atoms with Crippen molar-refractivity contribution in [3.05, 3.63) is 53.2 Å². The summed E-state index contributed by atoms with van der Waals surface area (Å²) in [6.07, 6.45) is 0. The van der Waals surface area contributed by atoms with Gasteiger partial charge in [0.05, 0.1) is 0 Å². The molecule has 0 saturated carbocycles. The minimum Gasteiger partial charge on any atom is -0.415 e. The number of rotatable bonds is 10. The second kappa shape index (κ2) is 10.3. The predicted octanol–water partition coefficient (Wildman–Crippen LogP) is 3.11. The lowest BCUT2D eigenvalue weighted by Crippen LogP contribution is -2.68. The van der Waals surface area contributed by atoms with E-state index in [1.165, 1.54) is 12.1 Å². The lowest BCUT2D eigenvalue weighted by molar-refractivity contribution is -0.125. The summed E-state index contributed by atoms with van der Waals surface area (Å²) in [5, 5.41) is 2.60. The smallest absolute Gasteiger partial charge is 0.388 e. The number of benzene rings is 1. The van der Waals surface area contributed by atoms with E-state index in [9.17, 15) is 26.4 Å². The summed E-state index contributed by atoms with van der Waals surface area (Å²) in [6, 6.07) is 10.1. The van der Waals surface area contributed by atoms with E-state index in [0.29, 0.717) is 11.3 Å². The van der Waals surface area contributed by atoms with Gasteiger partial charge in [-0.2, -0.15) is 26.2 Å². The van der Waals surface area contributed by atoms with Crippen molar-refractivity contribution in [3.8, 4) is 5.88 Å². The molecule has 1 saturated heterocycles. The van der Waals surface area contributed by atoms with Crippen molar-refractivity contribution < 1.29 is 31.1 Å². The molecule has 0 atom stereocenters. The van der Waals surface area contributed by atoms with Crippen LogP contribution in [0.15, 0.2) is 36.4 Å².